The summed E-state index contributed by atoms with van der Waals surface area (Å²) in [7, 11) is 0. The molecule has 28 heavy (non-hydrogen) atoms. The van der Waals surface area contributed by atoms with Gasteiger partial charge in [0, 0.05) is 18.5 Å². The van der Waals surface area contributed by atoms with E-state index in [1.54, 1.807) is 18.2 Å². The minimum atomic E-state index is -0.587. The van der Waals surface area contributed by atoms with Crippen molar-refractivity contribution in [3.8, 4) is 11.5 Å². The van der Waals surface area contributed by atoms with E-state index in [0.717, 1.165) is 38.0 Å². The third kappa shape index (κ3) is 5.89. The lowest BCUT2D eigenvalue weighted by atomic mass is 9.87. The number of nitrogens with one attached hydrogen (secondary N) is 1. The fourth-order valence-corrected chi connectivity index (χ4v) is 3.64. The van der Waals surface area contributed by atoms with E-state index in [0.29, 0.717) is 35.3 Å². The number of benzene rings is 1. The monoisotopic (exact) mass is 407 g/mol. The molecule has 0 bridgehead atoms. The molecule has 2 aliphatic rings. The maximum Gasteiger partial charge on any atom is 0.331 e. The van der Waals surface area contributed by atoms with E-state index in [-0.39, 0.29) is 18.6 Å². The van der Waals surface area contributed by atoms with Gasteiger partial charge in [-0.25, -0.2) is 4.79 Å². The lowest BCUT2D eigenvalue weighted by Gasteiger charge is -2.26. The summed E-state index contributed by atoms with van der Waals surface area (Å²) in [5.41, 5.74) is 0.687. The molecule has 1 N–H and O–H groups in total. The second-order valence-corrected chi connectivity index (χ2v) is 7.75. The first-order chi connectivity index (χ1) is 13.5. The van der Waals surface area contributed by atoms with Gasteiger partial charge in [0.1, 0.15) is 0 Å². The predicted molar refractivity (Wildman–Crippen MR) is 107 cm³/mol. The standard InChI is InChI=1S/C21H26ClNO5/c1-14-3-6-16(7-4-14)23-19(24)13-28-20(25)8-5-15-11-17(22)21-18(12-15)26-9-2-10-27-21/h5,8,11-12,14,16H,2-4,6-7,9-10,13H2,1H3,(H,23,24)/b8-5+. The van der Waals surface area contributed by atoms with Crippen molar-refractivity contribution in [2.75, 3.05) is 19.8 Å². The van der Waals surface area contributed by atoms with Crippen LogP contribution in [-0.4, -0.2) is 37.7 Å². The van der Waals surface area contributed by atoms with E-state index >= 15 is 0 Å². The molecule has 7 heteroatoms. The Balaban J connectivity index is 1.48. The number of ether oxygens (including phenoxy) is 3. The van der Waals surface area contributed by atoms with Crippen molar-refractivity contribution in [2.24, 2.45) is 5.92 Å². The predicted octanol–water partition coefficient (Wildman–Crippen LogP) is 3.75. The number of halogens is 1. The minimum Gasteiger partial charge on any atom is -0.489 e. The maximum absolute atomic E-state index is 11.9. The van der Waals surface area contributed by atoms with E-state index in [1.165, 1.54) is 6.08 Å². The maximum atomic E-state index is 11.9. The largest absolute Gasteiger partial charge is 0.489 e. The smallest absolute Gasteiger partial charge is 0.331 e. The van der Waals surface area contributed by atoms with Crippen LogP contribution >= 0.6 is 11.6 Å². The van der Waals surface area contributed by atoms with Gasteiger partial charge in [0.05, 0.1) is 18.2 Å². The molecule has 0 saturated heterocycles. The van der Waals surface area contributed by atoms with Gasteiger partial charge in [0.2, 0.25) is 0 Å². The second-order valence-electron chi connectivity index (χ2n) is 7.35. The van der Waals surface area contributed by atoms with Crippen molar-refractivity contribution >= 4 is 29.6 Å². The molecule has 0 radical (unpaired) electrons. The van der Waals surface area contributed by atoms with Crippen LogP contribution in [0.3, 0.4) is 0 Å². The third-order valence-electron chi connectivity index (χ3n) is 4.96. The fraction of sp³-hybridized carbons (Fsp3) is 0.524. The average molecular weight is 408 g/mol. The molecule has 1 aliphatic heterocycles. The molecule has 1 heterocycles. The van der Waals surface area contributed by atoms with Crippen LogP contribution in [0, 0.1) is 5.92 Å². The molecule has 6 nitrogen and oxygen atoms in total. The number of hydrogen-bond donors (Lipinski definition) is 1. The summed E-state index contributed by atoms with van der Waals surface area (Å²) in [6.45, 7) is 3.05. The molecule has 1 aliphatic carbocycles. The Bertz CT molecular complexity index is 741. The summed E-state index contributed by atoms with van der Waals surface area (Å²) in [4.78, 5) is 23.9. The summed E-state index contributed by atoms with van der Waals surface area (Å²) in [6, 6.07) is 3.63. The highest BCUT2D eigenvalue weighted by Gasteiger charge is 2.20. The fourth-order valence-electron chi connectivity index (χ4n) is 3.37. The van der Waals surface area contributed by atoms with Gasteiger partial charge >= 0.3 is 5.97 Å². The zero-order chi connectivity index (χ0) is 19.9. The normalized spacial score (nSPS) is 21.8. The van der Waals surface area contributed by atoms with Gasteiger partial charge in [-0.3, -0.25) is 4.79 Å². The Labute approximate surface area is 170 Å². The summed E-state index contributed by atoms with van der Waals surface area (Å²) in [5.74, 6) is 0.942. The molecule has 1 aromatic rings. The zero-order valence-corrected chi connectivity index (χ0v) is 16.8. The topological polar surface area (TPSA) is 73.9 Å². The van der Waals surface area contributed by atoms with E-state index in [4.69, 9.17) is 25.8 Å². The molecule has 1 amide bonds. The van der Waals surface area contributed by atoms with E-state index in [9.17, 15) is 9.59 Å². The highest BCUT2D eigenvalue weighted by Crippen LogP contribution is 2.38. The molecular weight excluding hydrogens is 382 g/mol. The van der Waals surface area contributed by atoms with Gasteiger partial charge in [-0.1, -0.05) is 18.5 Å². The minimum absolute atomic E-state index is 0.182. The molecule has 152 valence electrons. The third-order valence-corrected chi connectivity index (χ3v) is 5.24. The number of amides is 1. The number of hydrogen-bond acceptors (Lipinski definition) is 5. The highest BCUT2D eigenvalue weighted by molar-refractivity contribution is 6.32. The van der Waals surface area contributed by atoms with Crippen LogP contribution in [0.2, 0.25) is 5.02 Å². The Morgan fingerprint density at radius 1 is 1.21 bits per heavy atom. The lowest BCUT2D eigenvalue weighted by molar-refractivity contribution is -0.144. The van der Waals surface area contributed by atoms with Crippen LogP contribution in [0.5, 0.6) is 11.5 Å². The molecular formula is C21H26ClNO5. The van der Waals surface area contributed by atoms with Gasteiger partial charge in [-0.2, -0.15) is 0 Å². The first-order valence-electron chi connectivity index (χ1n) is 9.74. The molecule has 0 unspecified atom stereocenters. The number of rotatable bonds is 5. The zero-order valence-electron chi connectivity index (χ0n) is 16.0. The van der Waals surface area contributed by atoms with Crippen molar-refractivity contribution < 1.29 is 23.8 Å². The number of fused-ring (bicyclic) bond motifs is 1. The average Bonchev–Trinajstić information content (AvgIpc) is 2.92. The quantitative estimate of drug-likeness (QED) is 0.594. The van der Waals surface area contributed by atoms with Crippen LogP contribution < -0.4 is 14.8 Å². The highest BCUT2D eigenvalue weighted by atomic mass is 35.5. The van der Waals surface area contributed by atoms with Crippen molar-refractivity contribution in [2.45, 2.75) is 45.1 Å². The van der Waals surface area contributed by atoms with Crippen LogP contribution in [0.25, 0.3) is 6.08 Å². The van der Waals surface area contributed by atoms with E-state index in [2.05, 4.69) is 12.2 Å². The van der Waals surface area contributed by atoms with Gasteiger partial charge in [0.25, 0.3) is 5.91 Å². The van der Waals surface area contributed by atoms with Crippen molar-refractivity contribution in [1.82, 2.24) is 5.32 Å². The summed E-state index contributed by atoms with van der Waals surface area (Å²) >= 11 is 6.23. The molecule has 0 atom stereocenters. The Morgan fingerprint density at radius 3 is 2.75 bits per heavy atom. The number of carbonyl (C=O) groups excluding carboxylic acids is 2. The molecule has 1 aromatic carbocycles. The second kappa shape index (κ2) is 9.82. The van der Waals surface area contributed by atoms with Gasteiger partial charge in [-0.05, 0) is 55.4 Å². The van der Waals surface area contributed by atoms with Gasteiger partial charge in [-0.15, -0.1) is 0 Å². The van der Waals surface area contributed by atoms with Crippen LogP contribution in [0.15, 0.2) is 18.2 Å². The van der Waals surface area contributed by atoms with Crippen molar-refractivity contribution in [3.05, 3.63) is 28.8 Å². The Morgan fingerprint density at radius 2 is 1.96 bits per heavy atom. The first kappa shape index (κ1) is 20.5. The van der Waals surface area contributed by atoms with E-state index in [1.807, 2.05) is 0 Å². The molecule has 0 aromatic heterocycles. The molecule has 3 rings (SSSR count). The summed E-state index contributed by atoms with van der Waals surface area (Å²) in [6.07, 6.45) is 7.81. The van der Waals surface area contributed by atoms with Crippen LogP contribution in [0.4, 0.5) is 0 Å². The van der Waals surface area contributed by atoms with Gasteiger partial charge < -0.3 is 19.5 Å². The van der Waals surface area contributed by atoms with Crippen LogP contribution in [0.1, 0.15) is 44.6 Å². The molecule has 1 fully saturated rings. The number of carbonyl (C=O) groups is 2. The molecule has 1 saturated carbocycles. The van der Waals surface area contributed by atoms with E-state index < -0.39 is 5.97 Å². The summed E-state index contributed by atoms with van der Waals surface area (Å²) in [5, 5.41) is 3.35. The molecule has 0 spiro atoms. The lowest BCUT2D eigenvalue weighted by Crippen LogP contribution is -2.39. The van der Waals surface area contributed by atoms with Crippen molar-refractivity contribution in [3.63, 3.8) is 0 Å². The van der Waals surface area contributed by atoms with Crippen molar-refractivity contribution in [1.29, 1.82) is 0 Å². The Kier molecular flexibility index (Phi) is 7.20. The van der Waals surface area contributed by atoms with Crippen LogP contribution in [-0.2, 0) is 14.3 Å². The Hall–Kier alpha value is -2.21. The van der Waals surface area contributed by atoms with Gasteiger partial charge in [0.15, 0.2) is 18.1 Å². The number of esters is 1. The SMILES string of the molecule is CC1CCC(NC(=O)COC(=O)/C=C/c2cc(Cl)c3c(c2)OCCCO3)CC1. The first-order valence-corrected chi connectivity index (χ1v) is 10.1. The summed E-state index contributed by atoms with van der Waals surface area (Å²) < 4.78 is 16.2.